The molecule has 0 spiro atoms. The average molecular weight is 339 g/mol. The van der Waals surface area contributed by atoms with Gasteiger partial charge in [0.1, 0.15) is 11.9 Å². The van der Waals surface area contributed by atoms with E-state index in [1.807, 2.05) is 48.0 Å². The van der Waals surface area contributed by atoms with Gasteiger partial charge < -0.3 is 9.88 Å². The first kappa shape index (κ1) is 16.8. The molecule has 25 heavy (non-hydrogen) atoms. The normalized spacial score (nSPS) is 13.4. The van der Waals surface area contributed by atoms with Crippen LogP contribution in [-0.4, -0.2) is 41.7 Å². The number of hydrogen-bond donors (Lipinski definition) is 1. The molecular formula is C17H21N7O. The lowest BCUT2D eigenvalue weighted by Gasteiger charge is -2.21. The minimum absolute atomic E-state index is 0.0447. The third-order valence-corrected chi connectivity index (χ3v) is 3.96. The maximum atomic E-state index is 12.9. The van der Waals surface area contributed by atoms with Crippen molar-refractivity contribution in [3.8, 4) is 0 Å². The Bertz CT molecular complexity index is 798. The van der Waals surface area contributed by atoms with Crippen molar-refractivity contribution in [3.05, 3.63) is 60.4 Å². The first-order chi connectivity index (χ1) is 12.1. The standard InChI is InChI=1S/C17H21N7O/c1-13(11-23-9-8-18-12-23)19-17(25)16(24-14(2)20-21-22-24)10-15-6-4-3-5-7-15/h3-9,12-13,16H,10-11H2,1-2H3,(H,19,25)/t13-,16+/m0/s1. The van der Waals surface area contributed by atoms with Gasteiger partial charge in [0.15, 0.2) is 0 Å². The lowest BCUT2D eigenvalue weighted by molar-refractivity contribution is -0.125. The summed E-state index contributed by atoms with van der Waals surface area (Å²) in [5.41, 5.74) is 1.06. The monoisotopic (exact) mass is 339 g/mol. The average Bonchev–Trinajstić information content (AvgIpc) is 3.25. The molecule has 0 saturated carbocycles. The van der Waals surface area contributed by atoms with Gasteiger partial charge in [-0.15, -0.1) is 5.10 Å². The van der Waals surface area contributed by atoms with E-state index in [-0.39, 0.29) is 11.9 Å². The molecule has 3 aromatic rings. The summed E-state index contributed by atoms with van der Waals surface area (Å²) in [6.07, 6.45) is 5.85. The quantitative estimate of drug-likeness (QED) is 0.698. The molecule has 0 saturated heterocycles. The van der Waals surface area contributed by atoms with Gasteiger partial charge in [0.25, 0.3) is 0 Å². The van der Waals surface area contributed by atoms with Crippen LogP contribution in [0, 0.1) is 6.92 Å². The summed E-state index contributed by atoms with van der Waals surface area (Å²) in [6, 6.07) is 9.31. The molecule has 2 heterocycles. The lowest BCUT2D eigenvalue weighted by atomic mass is 10.0. The molecule has 2 atom stereocenters. The number of aryl methyl sites for hydroxylation is 1. The van der Waals surface area contributed by atoms with E-state index in [1.54, 1.807) is 24.1 Å². The van der Waals surface area contributed by atoms with Crippen LogP contribution in [-0.2, 0) is 17.8 Å². The van der Waals surface area contributed by atoms with Gasteiger partial charge in [0.2, 0.25) is 5.91 Å². The van der Waals surface area contributed by atoms with Crippen LogP contribution in [0.4, 0.5) is 0 Å². The summed E-state index contributed by atoms with van der Waals surface area (Å²) in [7, 11) is 0. The topological polar surface area (TPSA) is 90.5 Å². The van der Waals surface area contributed by atoms with Gasteiger partial charge in [-0.1, -0.05) is 30.3 Å². The van der Waals surface area contributed by atoms with Gasteiger partial charge in [-0.2, -0.15) is 0 Å². The van der Waals surface area contributed by atoms with Crippen LogP contribution in [0.2, 0.25) is 0 Å². The van der Waals surface area contributed by atoms with Crippen molar-refractivity contribution in [3.63, 3.8) is 0 Å². The van der Waals surface area contributed by atoms with Crippen LogP contribution in [0.5, 0.6) is 0 Å². The summed E-state index contributed by atoms with van der Waals surface area (Å²) in [6.45, 7) is 4.41. The van der Waals surface area contributed by atoms with E-state index in [2.05, 4.69) is 25.8 Å². The van der Waals surface area contributed by atoms with Crippen LogP contribution >= 0.6 is 0 Å². The number of imidazole rings is 1. The van der Waals surface area contributed by atoms with E-state index in [0.29, 0.717) is 18.8 Å². The molecule has 0 unspecified atom stereocenters. The second-order valence-electron chi connectivity index (χ2n) is 6.05. The second-order valence-corrected chi connectivity index (χ2v) is 6.05. The van der Waals surface area contributed by atoms with E-state index in [1.165, 1.54) is 0 Å². The molecule has 3 rings (SSSR count). The van der Waals surface area contributed by atoms with Crippen molar-refractivity contribution >= 4 is 5.91 Å². The molecule has 0 fully saturated rings. The van der Waals surface area contributed by atoms with Crippen molar-refractivity contribution in [1.29, 1.82) is 0 Å². The fourth-order valence-electron chi connectivity index (χ4n) is 2.75. The van der Waals surface area contributed by atoms with Crippen LogP contribution in [0.1, 0.15) is 24.4 Å². The van der Waals surface area contributed by atoms with Crippen molar-refractivity contribution < 1.29 is 4.79 Å². The molecular weight excluding hydrogens is 318 g/mol. The van der Waals surface area contributed by atoms with Crippen LogP contribution in [0.25, 0.3) is 0 Å². The van der Waals surface area contributed by atoms with Crippen molar-refractivity contribution in [2.75, 3.05) is 0 Å². The SMILES string of the molecule is Cc1nnnn1[C@H](Cc1ccccc1)C(=O)N[C@@H](C)Cn1ccnc1. The number of amides is 1. The summed E-state index contributed by atoms with van der Waals surface area (Å²) in [4.78, 5) is 16.9. The van der Waals surface area contributed by atoms with E-state index in [9.17, 15) is 4.79 Å². The predicted octanol–water partition coefficient (Wildman–Crippen LogP) is 1.17. The fraction of sp³-hybridized carbons (Fsp3) is 0.353. The number of carbonyl (C=O) groups is 1. The molecule has 130 valence electrons. The largest absolute Gasteiger partial charge is 0.350 e. The first-order valence-electron chi connectivity index (χ1n) is 8.18. The zero-order valence-corrected chi connectivity index (χ0v) is 14.3. The van der Waals surface area contributed by atoms with Crippen LogP contribution < -0.4 is 5.32 Å². The maximum absolute atomic E-state index is 12.9. The van der Waals surface area contributed by atoms with Crippen molar-refractivity contribution in [2.45, 2.75) is 38.9 Å². The van der Waals surface area contributed by atoms with Crippen LogP contribution in [0.3, 0.4) is 0 Å². The van der Waals surface area contributed by atoms with Gasteiger partial charge in [-0.25, -0.2) is 9.67 Å². The molecule has 0 radical (unpaired) electrons. The Balaban J connectivity index is 1.74. The molecule has 1 N–H and O–H groups in total. The zero-order valence-electron chi connectivity index (χ0n) is 14.3. The summed E-state index contributed by atoms with van der Waals surface area (Å²) >= 11 is 0. The predicted molar refractivity (Wildman–Crippen MR) is 91.6 cm³/mol. The van der Waals surface area contributed by atoms with E-state index in [0.717, 1.165) is 5.56 Å². The third-order valence-electron chi connectivity index (χ3n) is 3.96. The Labute approximate surface area is 145 Å². The molecule has 1 aromatic carbocycles. The summed E-state index contributed by atoms with van der Waals surface area (Å²) in [5, 5.41) is 14.6. The first-order valence-corrected chi connectivity index (χ1v) is 8.18. The van der Waals surface area contributed by atoms with Gasteiger partial charge in [0, 0.05) is 31.4 Å². The highest BCUT2D eigenvalue weighted by Gasteiger charge is 2.25. The molecule has 0 aliphatic carbocycles. The van der Waals surface area contributed by atoms with Crippen molar-refractivity contribution in [2.24, 2.45) is 0 Å². The Morgan fingerprint density at radius 1 is 1.28 bits per heavy atom. The Morgan fingerprint density at radius 3 is 2.72 bits per heavy atom. The number of aromatic nitrogens is 6. The van der Waals surface area contributed by atoms with Crippen molar-refractivity contribution in [1.82, 2.24) is 35.1 Å². The second kappa shape index (κ2) is 7.69. The Hall–Kier alpha value is -3.03. The highest BCUT2D eigenvalue weighted by molar-refractivity contribution is 5.80. The molecule has 2 aromatic heterocycles. The number of rotatable bonds is 7. The molecule has 8 heteroatoms. The number of tetrazole rings is 1. The van der Waals surface area contributed by atoms with Gasteiger partial charge in [-0.05, 0) is 29.8 Å². The van der Waals surface area contributed by atoms with Gasteiger partial charge >= 0.3 is 0 Å². The zero-order chi connectivity index (χ0) is 17.6. The molecule has 8 nitrogen and oxygen atoms in total. The lowest BCUT2D eigenvalue weighted by Crippen LogP contribution is -2.41. The number of hydrogen-bond acceptors (Lipinski definition) is 5. The van der Waals surface area contributed by atoms with E-state index in [4.69, 9.17) is 0 Å². The minimum atomic E-state index is -0.498. The third kappa shape index (κ3) is 4.28. The summed E-state index contributed by atoms with van der Waals surface area (Å²) in [5.74, 6) is 0.505. The number of nitrogens with zero attached hydrogens (tertiary/aromatic N) is 6. The molecule has 0 aliphatic heterocycles. The number of benzene rings is 1. The van der Waals surface area contributed by atoms with Gasteiger partial charge in [-0.3, -0.25) is 4.79 Å². The Kier molecular flexibility index (Phi) is 5.17. The fourth-order valence-corrected chi connectivity index (χ4v) is 2.75. The molecule has 0 aliphatic rings. The Morgan fingerprint density at radius 2 is 2.08 bits per heavy atom. The van der Waals surface area contributed by atoms with E-state index < -0.39 is 6.04 Å². The number of carbonyl (C=O) groups excluding carboxylic acids is 1. The highest BCUT2D eigenvalue weighted by atomic mass is 16.2. The number of nitrogens with one attached hydrogen (secondary N) is 1. The molecule has 1 amide bonds. The summed E-state index contributed by atoms with van der Waals surface area (Å²) < 4.78 is 3.51. The smallest absolute Gasteiger partial charge is 0.245 e. The molecule has 0 bridgehead atoms. The highest BCUT2D eigenvalue weighted by Crippen LogP contribution is 2.15. The maximum Gasteiger partial charge on any atom is 0.245 e. The van der Waals surface area contributed by atoms with Crippen LogP contribution in [0.15, 0.2) is 49.1 Å². The van der Waals surface area contributed by atoms with E-state index >= 15 is 0 Å². The minimum Gasteiger partial charge on any atom is -0.350 e. The van der Waals surface area contributed by atoms with Gasteiger partial charge in [0.05, 0.1) is 6.33 Å².